The van der Waals surface area contributed by atoms with Gasteiger partial charge in [-0.3, -0.25) is 9.59 Å². The predicted octanol–water partition coefficient (Wildman–Crippen LogP) is 0.316. The summed E-state index contributed by atoms with van der Waals surface area (Å²) in [4.78, 5) is 23.0. The largest absolute Gasteiger partial charge is 0.481 e. The van der Waals surface area contributed by atoms with Crippen LogP contribution in [0.4, 0.5) is 0 Å². The van der Waals surface area contributed by atoms with Crippen molar-refractivity contribution in [3.63, 3.8) is 0 Å². The molecular weight excluding hydrogens is 296 g/mol. The van der Waals surface area contributed by atoms with Crippen molar-refractivity contribution in [2.75, 3.05) is 18.8 Å². The standard InChI is InChI=1S/C13H22N2O5S/c16-11(4-8-15-7-3-9-21(15,19)20)14-13(10-12(17)18)5-1-2-6-13/h1-10H2,(H,14,16)(H,17,18). The summed E-state index contributed by atoms with van der Waals surface area (Å²) in [6, 6.07) is 0. The molecule has 2 N–H and O–H groups in total. The molecule has 0 radical (unpaired) electrons. The van der Waals surface area contributed by atoms with Gasteiger partial charge in [-0.1, -0.05) is 12.8 Å². The Morgan fingerprint density at radius 1 is 1.19 bits per heavy atom. The molecular formula is C13H22N2O5S. The van der Waals surface area contributed by atoms with Crippen molar-refractivity contribution in [2.45, 2.75) is 50.5 Å². The van der Waals surface area contributed by atoms with E-state index < -0.39 is 21.5 Å². The minimum Gasteiger partial charge on any atom is -0.481 e. The number of carbonyl (C=O) groups is 2. The molecule has 0 aromatic carbocycles. The van der Waals surface area contributed by atoms with Crippen LogP contribution in [0.25, 0.3) is 0 Å². The van der Waals surface area contributed by atoms with E-state index in [-0.39, 0.29) is 31.0 Å². The highest BCUT2D eigenvalue weighted by Gasteiger charge is 2.37. The Hall–Kier alpha value is -1.15. The number of nitrogens with zero attached hydrogens (tertiary/aromatic N) is 1. The van der Waals surface area contributed by atoms with E-state index in [1.807, 2.05) is 0 Å². The van der Waals surface area contributed by atoms with Crippen LogP contribution in [-0.2, 0) is 19.6 Å². The summed E-state index contributed by atoms with van der Waals surface area (Å²) in [5, 5.41) is 11.8. The van der Waals surface area contributed by atoms with Gasteiger partial charge in [-0.2, -0.15) is 0 Å². The molecule has 7 nitrogen and oxygen atoms in total. The predicted molar refractivity (Wildman–Crippen MR) is 76.2 cm³/mol. The van der Waals surface area contributed by atoms with E-state index in [2.05, 4.69) is 5.32 Å². The molecule has 0 spiro atoms. The number of carbonyl (C=O) groups excluding carboxylic acids is 1. The summed E-state index contributed by atoms with van der Waals surface area (Å²) in [6.07, 6.45) is 3.79. The molecule has 0 atom stereocenters. The van der Waals surface area contributed by atoms with Crippen molar-refractivity contribution >= 4 is 21.9 Å². The minimum atomic E-state index is -3.19. The molecule has 2 rings (SSSR count). The fourth-order valence-electron chi connectivity index (χ4n) is 3.21. The van der Waals surface area contributed by atoms with Gasteiger partial charge in [0.05, 0.1) is 17.7 Å². The van der Waals surface area contributed by atoms with E-state index in [0.29, 0.717) is 25.8 Å². The Morgan fingerprint density at radius 2 is 1.86 bits per heavy atom. The van der Waals surface area contributed by atoms with Crippen LogP contribution in [0.15, 0.2) is 0 Å². The van der Waals surface area contributed by atoms with Crippen molar-refractivity contribution in [2.24, 2.45) is 0 Å². The Bertz CT molecular complexity index is 511. The topological polar surface area (TPSA) is 104 Å². The maximum Gasteiger partial charge on any atom is 0.305 e. The monoisotopic (exact) mass is 318 g/mol. The van der Waals surface area contributed by atoms with Crippen LogP contribution in [0, 0.1) is 0 Å². The van der Waals surface area contributed by atoms with Crippen LogP contribution in [0.3, 0.4) is 0 Å². The smallest absolute Gasteiger partial charge is 0.305 e. The van der Waals surface area contributed by atoms with E-state index in [0.717, 1.165) is 12.8 Å². The second-order valence-corrected chi connectivity index (χ2v) is 8.01. The molecule has 1 saturated carbocycles. The SMILES string of the molecule is O=C(O)CC1(NC(=O)CCN2CCCS2(=O)=O)CCCC1. The number of carboxylic acids is 1. The van der Waals surface area contributed by atoms with E-state index in [9.17, 15) is 18.0 Å². The molecule has 120 valence electrons. The molecule has 2 aliphatic rings. The van der Waals surface area contributed by atoms with Gasteiger partial charge >= 0.3 is 5.97 Å². The van der Waals surface area contributed by atoms with E-state index >= 15 is 0 Å². The molecule has 1 aliphatic carbocycles. The van der Waals surface area contributed by atoms with Gasteiger partial charge in [0.2, 0.25) is 15.9 Å². The van der Waals surface area contributed by atoms with Crippen LogP contribution in [-0.4, -0.2) is 54.1 Å². The molecule has 1 aliphatic heterocycles. The lowest BCUT2D eigenvalue weighted by atomic mass is 9.93. The number of amides is 1. The lowest BCUT2D eigenvalue weighted by molar-refractivity contribution is -0.139. The van der Waals surface area contributed by atoms with Gasteiger partial charge in [-0.15, -0.1) is 0 Å². The lowest BCUT2D eigenvalue weighted by Gasteiger charge is -2.29. The first-order chi connectivity index (χ1) is 9.83. The Labute approximate surface area is 124 Å². The van der Waals surface area contributed by atoms with E-state index in [1.54, 1.807) is 0 Å². The summed E-state index contributed by atoms with van der Waals surface area (Å²) in [5.41, 5.74) is -0.646. The molecule has 21 heavy (non-hydrogen) atoms. The maximum absolute atomic E-state index is 12.0. The molecule has 2 fully saturated rings. The van der Waals surface area contributed by atoms with Crippen molar-refractivity contribution in [3.8, 4) is 0 Å². The van der Waals surface area contributed by atoms with Gasteiger partial charge in [0.1, 0.15) is 0 Å². The molecule has 0 aromatic heterocycles. The highest BCUT2D eigenvalue weighted by atomic mass is 32.2. The molecule has 1 amide bonds. The highest BCUT2D eigenvalue weighted by molar-refractivity contribution is 7.89. The summed E-state index contributed by atoms with van der Waals surface area (Å²) in [7, 11) is -3.19. The summed E-state index contributed by atoms with van der Waals surface area (Å²) in [6.45, 7) is 0.646. The van der Waals surface area contributed by atoms with E-state index in [4.69, 9.17) is 5.11 Å². The van der Waals surface area contributed by atoms with Crippen molar-refractivity contribution in [1.82, 2.24) is 9.62 Å². The second kappa shape index (κ2) is 6.31. The normalized spacial score (nSPS) is 24.0. The summed E-state index contributed by atoms with van der Waals surface area (Å²) < 4.78 is 24.6. The first-order valence-corrected chi connectivity index (χ1v) is 8.95. The molecule has 0 aromatic rings. The number of nitrogens with one attached hydrogen (secondary N) is 1. The number of hydrogen-bond acceptors (Lipinski definition) is 4. The fourth-order valence-corrected chi connectivity index (χ4v) is 4.74. The average Bonchev–Trinajstić information content (AvgIpc) is 2.92. The third kappa shape index (κ3) is 4.16. The van der Waals surface area contributed by atoms with Crippen molar-refractivity contribution in [1.29, 1.82) is 0 Å². The third-order valence-corrected chi connectivity index (χ3v) is 6.20. The van der Waals surface area contributed by atoms with Gasteiger partial charge in [-0.25, -0.2) is 12.7 Å². The Balaban J connectivity index is 1.87. The zero-order valence-corrected chi connectivity index (χ0v) is 12.8. The van der Waals surface area contributed by atoms with Crippen molar-refractivity contribution < 1.29 is 23.1 Å². The second-order valence-electron chi connectivity index (χ2n) is 5.92. The summed E-state index contributed by atoms with van der Waals surface area (Å²) >= 11 is 0. The van der Waals surface area contributed by atoms with Crippen LogP contribution in [0.5, 0.6) is 0 Å². The van der Waals surface area contributed by atoms with Crippen LogP contribution in [0.2, 0.25) is 0 Å². The quantitative estimate of drug-likeness (QED) is 0.734. The number of carboxylic acid groups (broad SMARTS) is 1. The highest BCUT2D eigenvalue weighted by Crippen LogP contribution is 2.32. The van der Waals surface area contributed by atoms with Crippen LogP contribution in [0.1, 0.15) is 44.9 Å². The van der Waals surface area contributed by atoms with E-state index in [1.165, 1.54) is 4.31 Å². The molecule has 1 saturated heterocycles. The Kier molecular flexibility index (Phi) is 4.88. The minimum absolute atomic E-state index is 0.0687. The van der Waals surface area contributed by atoms with Crippen LogP contribution < -0.4 is 5.32 Å². The number of rotatable bonds is 6. The van der Waals surface area contributed by atoms with Gasteiger partial charge in [0, 0.05) is 19.5 Å². The Morgan fingerprint density at radius 3 is 2.38 bits per heavy atom. The zero-order chi connectivity index (χ0) is 15.5. The number of sulfonamides is 1. The molecule has 8 heteroatoms. The van der Waals surface area contributed by atoms with Crippen molar-refractivity contribution in [3.05, 3.63) is 0 Å². The first kappa shape index (κ1) is 16.2. The zero-order valence-electron chi connectivity index (χ0n) is 12.0. The maximum atomic E-state index is 12.0. The number of hydrogen-bond donors (Lipinski definition) is 2. The molecule has 0 unspecified atom stereocenters. The molecule has 0 bridgehead atoms. The number of aliphatic carboxylic acids is 1. The van der Waals surface area contributed by atoms with Gasteiger partial charge in [0.25, 0.3) is 0 Å². The first-order valence-electron chi connectivity index (χ1n) is 7.34. The third-order valence-electron chi connectivity index (χ3n) is 4.25. The fraction of sp³-hybridized carbons (Fsp3) is 0.846. The van der Waals surface area contributed by atoms with Gasteiger partial charge in [0.15, 0.2) is 0 Å². The average molecular weight is 318 g/mol. The van der Waals surface area contributed by atoms with Gasteiger partial charge in [-0.05, 0) is 19.3 Å². The summed E-state index contributed by atoms with van der Waals surface area (Å²) in [5.74, 6) is -1.03. The molecule has 1 heterocycles. The lowest BCUT2D eigenvalue weighted by Crippen LogP contribution is -2.48. The van der Waals surface area contributed by atoms with Gasteiger partial charge < -0.3 is 10.4 Å². The van der Waals surface area contributed by atoms with Crippen LogP contribution >= 0.6 is 0 Å².